The molecule has 2 rings (SSSR count). The number of H-pyrrole nitrogens is 1. The molecule has 7 nitrogen and oxygen atoms in total. The van der Waals surface area contributed by atoms with Gasteiger partial charge in [0.25, 0.3) is 0 Å². The van der Waals surface area contributed by atoms with Crippen LogP contribution < -0.4 is 4.74 Å². The van der Waals surface area contributed by atoms with Crippen LogP contribution in [0, 0.1) is 0 Å². The average Bonchev–Trinajstić information content (AvgIpc) is 2.99. The second-order valence-electron chi connectivity index (χ2n) is 5.87. The summed E-state index contributed by atoms with van der Waals surface area (Å²) < 4.78 is 93.9. The second-order valence-corrected chi connectivity index (χ2v) is 9.00. The number of aromatic amines is 1. The molecule has 1 aromatic rings. The molecule has 26 heavy (non-hydrogen) atoms. The fraction of sp³-hybridized carbons (Fsp3) is 0.667. The van der Waals surface area contributed by atoms with Crippen molar-refractivity contribution in [2.75, 3.05) is 0 Å². The summed E-state index contributed by atoms with van der Waals surface area (Å²) in [7, 11) is -4.53. The Morgan fingerprint density at radius 3 is 2.35 bits per heavy atom. The fourth-order valence-corrected chi connectivity index (χ4v) is 4.74. The average molecular weight is 470 g/mol. The first-order valence-electron chi connectivity index (χ1n) is 6.94. The molecule has 0 amide bonds. The number of ether oxygens (including phenoxy) is 1. The quantitative estimate of drug-likeness (QED) is 0.538. The Morgan fingerprint density at radius 1 is 1.35 bits per heavy atom. The van der Waals surface area contributed by atoms with Crippen LogP contribution in [0.25, 0.3) is 0 Å². The minimum atomic E-state index is -5.07. The second kappa shape index (κ2) is 6.62. The highest BCUT2D eigenvalue weighted by atomic mass is 79.9. The van der Waals surface area contributed by atoms with E-state index >= 15 is 0 Å². The molecule has 2 unspecified atom stereocenters. The summed E-state index contributed by atoms with van der Waals surface area (Å²) in [5, 5.41) is 5.48. The van der Waals surface area contributed by atoms with Gasteiger partial charge in [-0.25, -0.2) is 8.42 Å². The lowest BCUT2D eigenvalue weighted by molar-refractivity contribution is -0.141. The van der Waals surface area contributed by atoms with Gasteiger partial charge in [0.2, 0.25) is 15.7 Å². The van der Waals surface area contributed by atoms with E-state index in [0.717, 1.165) is 6.92 Å². The third-order valence-electron chi connectivity index (χ3n) is 3.61. The highest BCUT2D eigenvalue weighted by molar-refractivity contribution is 9.10. The summed E-state index contributed by atoms with van der Waals surface area (Å²) in [5.74, 6) is -1.16. The van der Waals surface area contributed by atoms with Gasteiger partial charge in [-0.1, -0.05) is 21.1 Å². The van der Waals surface area contributed by atoms with E-state index in [4.69, 9.17) is 4.84 Å². The van der Waals surface area contributed by atoms with Crippen molar-refractivity contribution in [3.63, 3.8) is 0 Å². The summed E-state index contributed by atoms with van der Waals surface area (Å²) in [5.41, 5.74) is -3.74. The molecule has 1 aliphatic heterocycles. The molecule has 1 N–H and O–H groups in total. The van der Waals surface area contributed by atoms with E-state index in [0.29, 0.717) is 0 Å². The predicted octanol–water partition coefficient (Wildman–Crippen LogP) is 3.39. The lowest BCUT2D eigenvalue weighted by atomic mass is 10.1. The van der Waals surface area contributed by atoms with E-state index in [1.807, 2.05) is 0 Å². The number of aromatic nitrogens is 2. The smallest absolute Gasteiger partial charge is 0.415 e. The van der Waals surface area contributed by atoms with Crippen molar-refractivity contribution in [2.45, 2.75) is 49.2 Å². The van der Waals surface area contributed by atoms with E-state index < -0.39 is 60.5 Å². The van der Waals surface area contributed by atoms with Crippen LogP contribution in [0.1, 0.15) is 37.3 Å². The molecule has 0 radical (unpaired) electrons. The topological polar surface area (TPSA) is 93.6 Å². The van der Waals surface area contributed by atoms with Gasteiger partial charge in [-0.3, -0.25) is 5.10 Å². The fourth-order valence-electron chi connectivity index (χ4n) is 2.19. The summed E-state index contributed by atoms with van der Waals surface area (Å²) in [4.78, 5) is 4.02. The molecule has 0 saturated heterocycles. The van der Waals surface area contributed by atoms with Crippen molar-refractivity contribution < 1.29 is 39.9 Å². The molecule has 0 saturated carbocycles. The first-order valence-corrected chi connectivity index (χ1v) is 9.40. The van der Waals surface area contributed by atoms with Crippen LogP contribution in [0.4, 0.5) is 22.0 Å². The van der Waals surface area contributed by atoms with Crippen molar-refractivity contribution in [2.24, 2.45) is 5.16 Å². The largest absolute Gasteiger partial charge is 0.433 e. The van der Waals surface area contributed by atoms with Gasteiger partial charge < -0.3 is 9.57 Å². The third-order valence-corrected chi connectivity index (χ3v) is 7.51. The normalized spacial score (nSPS) is 21.5. The van der Waals surface area contributed by atoms with Crippen LogP contribution in [0.2, 0.25) is 0 Å². The van der Waals surface area contributed by atoms with Gasteiger partial charge in [-0.05, 0) is 20.8 Å². The molecule has 14 heteroatoms. The van der Waals surface area contributed by atoms with Gasteiger partial charge >= 0.3 is 12.8 Å². The van der Waals surface area contributed by atoms with Crippen LogP contribution in [-0.2, 0) is 20.9 Å². The van der Waals surface area contributed by atoms with Crippen LogP contribution >= 0.6 is 15.9 Å². The number of nitrogens with one attached hydrogen (secondary N) is 1. The number of alkyl halides is 6. The van der Waals surface area contributed by atoms with Crippen molar-refractivity contribution in [1.82, 2.24) is 10.2 Å². The van der Waals surface area contributed by atoms with Crippen molar-refractivity contribution in [3.8, 4) is 5.88 Å². The minimum absolute atomic E-state index is 0.563. The lowest BCUT2D eigenvalue weighted by Crippen LogP contribution is -2.37. The molecule has 148 valence electrons. The number of hydrogen-bond acceptors (Lipinski definition) is 6. The van der Waals surface area contributed by atoms with E-state index in [2.05, 4.69) is 30.9 Å². The van der Waals surface area contributed by atoms with Gasteiger partial charge in [-0.15, -0.1) is 5.10 Å². The SMILES string of the molecule is CC(c1c(OC(F)F)n[nH]c1C(F)(F)F)S(=O)(=O)C1=NOC(C)(C)C1Br. The van der Waals surface area contributed by atoms with Crippen molar-refractivity contribution in [3.05, 3.63) is 11.3 Å². The van der Waals surface area contributed by atoms with Crippen LogP contribution in [0.5, 0.6) is 5.88 Å². The molecule has 0 aliphatic carbocycles. The van der Waals surface area contributed by atoms with Gasteiger partial charge in [0, 0.05) is 0 Å². The van der Waals surface area contributed by atoms with Crippen LogP contribution in [0.15, 0.2) is 5.16 Å². The predicted molar refractivity (Wildman–Crippen MR) is 82.9 cm³/mol. The highest BCUT2D eigenvalue weighted by Crippen LogP contribution is 2.43. The lowest BCUT2D eigenvalue weighted by Gasteiger charge is -2.21. The molecule has 1 aromatic heterocycles. The molecule has 0 aromatic carbocycles. The molecular formula is C12H13BrF5N3O4S. The summed E-state index contributed by atoms with van der Waals surface area (Å²) in [6.45, 7) is 0.408. The number of sulfone groups is 1. The summed E-state index contributed by atoms with van der Waals surface area (Å²) in [6.07, 6.45) is -5.07. The Kier molecular flexibility index (Phi) is 5.31. The Hall–Kier alpha value is -1.44. The zero-order valence-electron chi connectivity index (χ0n) is 13.4. The third kappa shape index (κ3) is 3.66. The van der Waals surface area contributed by atoms with Gasteiger partial charge in [0.15, 0.2) is 10.6 Å². The standard InChI is InChI=1S/C12H13BrF5N3O4S/c1-4(26(22,23)9-6(13)11(2,3)25-21-9)5-7(12(16,17)18)19-20-8(5)24-10(14)15/h4,6,10H,1-3H3,(H,19,20). The maximum atomic E-state index is 13.2. The minimum Gasteiger partial charge on any atom is -0.415 e. The van der Waals surface area contributed by atoms with E-state index in [-0.39, 0.29) is 0 Å². The molecular weight excluding hydrogens is 457 g/mol. The van der Waals surface area contributed by atoms with Crippen LogP contribution in [0.3, 0.4) is 0 Å². The van der Waals surface area contributed by atoms with Crippen LogP contribution in [-0.4, -0.2) is 40.7 Å². The first kappa shape index (κ1) is 20.9. The maximum absolute atomic E-state index is 13.2. The molecule has 0 fully saturated rings. The van der Waals surface area contributed by atoms with E-state index in [1.54, 1.807) is 0 Å². The molecule has 0 bridgehead atoms. The molecule has 2 atom stereocenters. The highest BCUT2D eigenvalue weighted by Gasteiger charge is 2.50. The zero-order chi connectivity index (χ0) is 20.1. The number of nitrogens with zero attached hydrogens (tertiary/aromatic N) is 2. The monoisotopic (exact) mass is 469 g/mol. The van der Waals surface area contributed by atoms with Gasteiger partial charge in [0.1, 0.15) is 10.5 Å². The Labute approximate surface area is 153 Å². The number of rotatable bonds is 4. The van der Waals surface area contributed by atoms with Crippen molar-refractivity contribution in [1.29, 1.82) is 0 Å². The Bertz CT molecular complexity index is 821. The zero-order valence-corrected chi connectivity index (χ0v) is 15.8. The van der Waals surface area contributed by atoms with Crippen molar-refractivity contribution >= 4 is 30.8 Å². The number of hydrogen-bond donors (Lipinski definition) is 1. The number of oxime groups is 1. The summed E-state index contributed by atoms with van der Waals surface area (Å²) >= 11 is 3.08. The number of halogens is 6. The maximum Gasteiger partial charge on any atom is 0.433 e. The van der Waals surface area contributed by atoms with Gasteiger partial charge in [0.05, 0.1) is 10.8 Å². The molecule has 0 spiro atoms. The van der Waals surface area contributed by atoms with E-state index in [1.165, 1.54) is 18.9 Å². The Morgan fingerprint density at radius 2 is 1.92 bits per heavy atom. The van der Waals surface area contributed by atoms with E-state index in [9.17, 15) is 30.4 Å². The molecule has 2 heterocycles. The molecule has 1 aliphatic rings. The summed E-state index contributed by atoms with van der Waals surface area (Å²) in [6, 6.07) is 0. The first-order chi connectivity index (χ1) is 11.7. The van der Waals surface area contributed by atoms with Gasteiger partial charge in [-0.2, -0.15) is 22.0 Å². The Balaban J connectivity index is 2.55.